The maximum atomic E-state index is 14.1. The van der Waals surface area contributed by atoms with Crippen LogP contribution >= 0.6 is 0 Å². The monoisotopic (exact) mass is 1870 g/mol. The minimum Gasteiger partial charge on any atom is -0.495 e. The van der Waals surface area contributed by atoms with E-state index in [4.69, 9.17) is 50.7 Å². The summed E-state index contributed by atoms with van der Waals surface area (Å²) in [5.41, 5.74) is 10.6. The molecule has 13 aromatic heterocycles. The van der Waals surface area contributed by atoms with E-state index >= 15 is 0 Å². The molecule has 0 atom stereocenters. The van der Waals surface area contributed by atoms with E-state index in [0.29, 0.717) is 24.1 Å². The Morgan fingerprint density at radius 3 is 1.08 bits per heavy atom. The largest absolute Gasteiger partial charge is 0.495 e. The molecule has 0 bridgehead atoms. The number of hydrogen-bond acceptors (Lipinski definition) is 34. The molecular weight excluding hydrogens is 1800 g/mol. The van der Waals surface area contributed by atoms with Gasteiger partial charge in [-0.2, -0.15) is 8.78 Å². The Bertz CT molecular complexity index is 6630. The number of rotatable bonds is 16. The highest BCUT2D eigenvalue weighted by atomic mass is 19.2. The molecule has 0 aliphatic heterocycles. The number of halogens is 10. The van der Waals surface area contributed by atoms with Crippen molar-refractivity contribution >= 4 is 58.6 Å². The minimum absolute atomic E-state index is 0.0320. The molecule has 0 aliphatic rings. The molecule has 0 spiro atoms. The summed E-state index contributed by atoms with van der Waals surface area (Å²) in [6.45, 7) is 5.10. The molecule has 0 aromatic carbocycles. The Morgan fingerprint density at radius 1 is 0.406 bits per heavy atom. The Hall–Kier alpha value is -18.1. The topological polar surface area (TPSA) is 569 Å². The molecule has 52 heteroatoms. The lowest BCUT2D eigenvalue weighted by molar-refractivity contribution is -0.392. The van der Waals surface area contributed by atoms with E-state index in [9.17, 15) is 107 Å². The number of nitrogens with one attached hydrogen (secondary N) is 1. The van der Waals surface area contributed by atoms with Gasteiger partial charge in [-0.1, -0.05) is 0 Å². The highest BCUT2D eigenvalue weighted by Gasteiger charge is 2.23. The number of methoxy groups -OCH3 is 8. The minimum atomic E-state index is -1.38. The fourth-order valence-electron chi connectivity index (χ4n) is 9.20. The molecule has 0 saturated heterocycles. The van der Waals surface area contributed by atoms with Crippen molar-refractivity contribution in [3.63, 3.8) is 0 Å². The van der Waals surface area contributed by atoms with Gasteiger partial charge in [0.05, 0.1) is 106 Å². The fraction of sp³-hybridized carbons (Fsp3) is 0.148. The number of carbonyl (C=O) groups is 4. The van der Waals surface area contributed by atoms with Gasteiger partial charge in [-0.3, -0.25) is 42.8 Å². The summed E-state index contributed by atoms with van der Waals surface area (Å²) in [5, 5.41) is 31.2. The summed E-state index contributed by atoms with van der Waals surface area (Å²) in [5.74, 6) is -12.6. The van der Waals surface area contributed by atoms with Crippen molar-refractivity contribution in [3.8, 4) is 57.8 Å². The molecule has 13 rings (SSSR count). The van der Waals surface area contributed by atoms with Gasteiger partial charge in [0.25, 0.3) is 22.2 Å². The molecule has 0 fully saturated rings. The van der Waals surface area contributed by atoms with Gasteiger partial charge in [0.2, 0.25) is 11.6 Å². The fourth-order valence-corrected chi connectivity index (χ4v) is 9.20. The molecule has 13 aromatic rings. The standard InChI is InChI=1S/C16H18FN3O4.C13H11FN2O4.C12H9FN2O4.C11H10FN3O2.C7H6O4.C6H5FN2O3.C6H7FN2O.C5H2F2N2O2.C5H4F2N2/c1-16(2,3)24-15(22)19-12-6-5-7-20(14(12)21)13-11(17)8-10(23-4)9-18-13;1-19-8-6-10(14)11(15-7-8)16-5-3-4-9(12(16)17)13(18)20-2;1-19-7-5-9(13)10(14-6-7)15-4-2-3-8(11(15)16)12(17)18;1-17-7-5-8(12)10(14-6-7)15-4-2-3-9(13)11(15)16;1-10-6(8)5-3-2-4-11-7(5)9;1-12-4-2-5(7)6(8-3-4)9(10)11;1-10-4-2-5(7)6(8)9-3-4;6-3-1-4(7)5(8-2-3)9(10)11;6-3-1-4(7)5(8)9-2-3/h5-9H,1-4H3,(H,19,22);3-7H,1-2H3;2-6H,1H3,(H,17,18);2-6H,13H2,1H3;2-4H,1H3;2-3H,1H3;2-3H,1H3,(H2,8,9);1-2H;1-2H,(H2,8,9). The first kappa shape index (κ1) is 105. The third kappa shape index (κ3) is 31.2. The maximum Gasteiger partial charge on any atom is 0.412 e. The number of nitrogens with zero attached hydrogens (tertiary/aromatic N) is 14. The van der Waals surface area contributed by atoms with Gasteiger partial charge in [-0.15, -0.1) is 0 Å². The number of ether oxygens (including phenoxy) is 9. The van der Waals surface area contributed by atoms with Gasteiger partial charge in [-0.25, -0.2) is 89.0 Å². The van der Waals surface area contributed by atoms with Gasteiger partial charge in [0.15, 0.2) is 93.8 Å². The van der Waals surface area contributed by atoms with E-state index in [1.165, 1.54) is 166 Å². The summed E-state index contributed by atoms with van der Waals surface area (Å²) in [7, 11) is 10.6. The Morgan fingerprint density at radius 2 is 0.722 bits per heavy atom. The van der Waals surface area contributed by atoms with Crippen molar-refractivity contribution in [3.05, 3.63) is 337 Å². The zero-order valence-corrected chi connectivity index (χ0v) is 70.5. The lowest BCUT2D eigenvalue weighted by Crippen LogP contribution is -2.30. The number of nitrogen functional groups attached to an aromatic ring is 3. The first-order valence-electron chi connectivity index (χ1n) is 36.1. The van der Waals surface area contributed by atoms with E-state index in [1.54, 1.807) is 26.8 Å². The van der Waals surface area contributed by atoms with Crippen LogP contribution in [0.25, 0.3) is 23.3 Å². The van der Waals surface area contributed by atoms with Crippen LogP contribution in [0, 0.1) is 78.4 Å². The second-order valence-corrected chi connectivity index (χ2v) is 25.3. The normalized spacial score (nSPS) is 10.1. The van der Waals surface area contributed by atoms with Crippen molar-refractivity contribution in [1.82, 2.24) is 58.1 Å². The van der Waals surface area contributed by atoms with Crippen LogP contribution in [-0.2, 0) is 14.2 Å². The van der Waals surface area contributed by atoms with Crippen molar-refractivity contribution in [1.29, 1.82) is 0 Å². The summed E-state index contributed by atoms with van der Waals surface area (Å²) < 4.78 is 180. The quantitative estimate of drug-likeness (QED) is 0.0197. The molecular formula is C81H72F10N18O24. The Kier molecular flexibility index (Phi) is 39.9. The van der Waals surface area contributed by atoms with Crippen molar-refractivity contribution < 1.29 is 125 Å². The molecule has 8 N–H and O–H groups in total. The molecule has 0 aliphatic carbocycles. The number of aromatic nitrogens is 12. The zero-order chi connectivity index (χ0) is 99.3. The Labute approximate surface area is 739 Å². The number of amides is 1. The summed E-state index contributed by atoms with van der Waals surface area (Å²) >= 11 is 0. The molecule has 1 amide bonds. The maximum absolute atomic E-state index is 14.1. The number of nitrogens with two attached hydrogens (primary N) is 3. The number of esters is 2. The second-order valence-electron chi connectivity index (χ2n) is 25.3. The average Bonchev–Trinajstić information content (AvgIpc) is 0.793. The summed E-state index contributed by atoms with van der Waals surface area (Å²) in [6.07, 6.45) is 14.7. The molecule has 42 nitrogen and oxygen atoms in total. The van der Waals surface area contributed by atoms with Gasteiger partial charge in [0, 0.05) is 73.3 Å². The van der Waals surface area contributed by atoms with E-state index in [-0.39, 0.29) is 86.2 Å². The first-order chi connectivity index (χ1) is 62.9. The predicted octanol–water partition coefficient (Wildman–Crippen LogP) is 10.5. The van der Waals surface area contributed by atoms with Gasteiger partial charge in [-0.05, 0) is 101 Å². The van der Waals surface area contributed by atoms with E-state index < -0.39 is 143 Å². The zero-order valence-electron chi connectivity index (χ0n) is 70.5. The van der Waals surface area contributed by atoms with Crippen LogP contribution in [0.1, 0.15) is 51.8 Å². The molecule has 13 heterocycles. The second kappa shape index (κ2) is 50.3. The first-order valence-corrected chi connectivity index (χ1v) is 36.1. The van der Waals surface area contributed by atoms with Crippen LogP contribution in [0.4, 0.5) is 83.3 Å². The summed E-state index contributed by atoms with van der Waals surface area (Å²) in [4.78, 5) is 150. The lowest BCUT2D eigenvalue weighted by Gasteiger charge is -2.19. The third-order valence-corrected chi connectivity index (χ3v) is 15.4. The molecule has 700 valence electrons. The molecule has 133 heavy (non-hydrogen) atoms. The van der Waals surface area contributed by atoms with Crippen LogP contribution < -0.4 is 78.8 Å². The van der Waals surface area contributed by atoms with Gasteiger partial charge < -0.3 is 89.6 Å². The molecule has 0 saturated carbocycles. The highest BCUT2D eigenvalue weighted by molar-refractivity contribution is 5.89. The van der Waals surface area contributed by atoms with Crippen LogP contribution in [0.15, 0.2) is 218 Å². The third-order valence-electron chi connectivity index (χ3n) is 15.4. The lowest BCUT2D eigenvalue weighted by atomic mass is 10.2. The van der Waals surface area contributed by atoms with E-state index in [2.05, 4.69) is 63.8 Å². The van der Waals surface area contributed by atoms with Crippen LogP contribution in [0.2, 0.25) is 0 Å². The number of anilines is 4. The van der Waals surface area contributed by atoms with Gasteiger partial charge >= 0.3 is 41.3 Å². The predicted molar refractivity (Wildman–Crippen MR) is 446 cm³/mol. The smallest absolute Gasteiger partial charge is 0.412 e. The van der Waals surface area contributed by atoms with Crippen molar-refractivity contribution in [2.45, 2.75) is 26.4 Å². The molecule has 0 radical (unpaired) electrons. The Balaban J connectivity index is 0.000000269. The number of carbonyl (C=O) groups excluding carboxylic acids is 3. The van der Waals surface area contributed by atoms with E-state index in [0.717, 1.165) is 74.2 Å². The SMILES string of the molecule is COC(=O)c1cccn(-c2ncc(OC)cc2F)c1=O.COC(=O)c1cccoc1=O.COc1cnc(-n2cccc(C(=O)O)c2=O)c(F)c1.COc1cnc(-n2cccc(N)c2=O)c(F)c1.COc1cnc(-n2cccc(NC(=O)OC(C)(C)C)c2=O)c(F)c1.COc1cnc(N)c(F)c1.COc1cnc([N+](=O)[O-])c(F)c1.Nc1ncc(F)cc1F.O=[N+]([O-])c1ncc(F)cc1F. The van der Waals surface area contributed by atoms with Crippen molar-refractivity contribution in [2.75, 3.05) is 79.4 Å². The van der Waals surface area contributed by atoms with Crippen LogP contribution in [0.5, 0.6) is 34.5 Å². The highest BCUT2D eigenvalue weighted by Crippen LogP contribution is 2.23. The van der Waals surface area contributed by atoms with Crippen LogP contribution in [0.3, 0.4) is 0 Å². The van der Waals surface area contributed by atoms with E-state index in [1.807, 2.05) is 0 Å². The van der Waals surface area contributed by atoms with Crippen LogP contribution in [-0.4, -0.2) is 160 Å². The number of aromatic carboxylic acids is 1. The van der Waals surface area contributed by atoms with Gasteiger partial charge in [0.1, 0.15) is 62.5 Å². The van der Waals surface area contributed by atoms with Crippen molar-refractivity contribution in [2.24, 2.45) is 0 Å². The average molecular weight is 1870 g/mol. The molecule has 0 unspecified atom stereocenters. The number of carboxylic acids is 1. The number of nitro groups is 2. The number of carboxylic acid groups (broad SMARTS) is 1. The summed E-state index contributed by atoms with van der Waals surface area (Å²) in [6, 6.07) is 21.5. The number of pyridine rings is 12. The number of hydrogen-bond donors (Lipinski definition) is 5.